The minimum Gasteiger partial charge on any atom is -0.457 e. The molecular weight excluding hydrogens is 466 g/mol. The molecule has 2 aromatic rings. The van der Waals surface area contributed by atoms with Crippen molar-refractivity contribution in [2.45, 2.75) is 84.5 Å². The molecule has 1 aromatic heterocycles. The number of aromatic nitrogens is 1. The van der Waals surface area contributed by atoms with E-state index in [1.165, 1.54) is 5.57 Å². The molecule has 0 fully saturated rings. The number of aliphatic hydroxyl groups excluding tert-OH is 2. The minimum absolute atomic E-state index is 0.0923. The first-order chi connectivity index (χ1) is 17.5. The normalized spacial score (nSPS) is 29.8. The topological polar surface area (TPSA) is 96.7 Å². The van der Waals surface area contributed by atoms with Crippen LogP contribution in [0.4, 0.5) is 0 Å². The maximum atomic E-state index is 13.5. The smallest absolute Gasteiger partial charge is 0.309 e. The van der Waals surface area contributed by atoms with Crippen molar-refractivity contribution >= 4 is 22.7 Å². The Balaban J connectivity index is 1.93. The van der Waals surface area contributed by atoms with Crippen molar-refractivity contribution in [2.75, 3.05) is 0 Å². The Labute approximate surface area is 220 Å². The van der Waals surface area contributed by atoms with Crippen molar-refractivity contribution in [3.05, 3.63) is 66.4 Å². The third kappa shape index (κ3) is 7.14. The van der Waals surface area contributed by atoms with Crippen molar-refractivity contribution in [1.29, 1.82) is 0 Å². The zero-order valence-corrected chi connectivity index (χ0v) is 22.5. The number of pyridine rings is 1. The minimum atomic E-state index is -1.26. The summed E-state index contributed by atoms with van der Waals surface area (Å²) in [5, 5.41) is 23.1. The quantitative estimate of drug-likeness (QED) is 0.398. The van der Waals surface area contributed by atoms with Crippen LogP contribution >= 0.6 is 0 Å². The Morgan fingerprint density at radius 2 is 1.97 bits per heavy atom. The van der Waals surface area contributed by atoms with Gasteiger partial charge >= 0.3 is 5.97 Å². The molecule has 1 aromatic carbocycles. The van der Waals surface area contributed by atoms with Crippen molar-refractivity contribution in [3.8, 4) is 0 Å². The lowest BCUT2D eigenvalue weighted by atomic mass is 9.71. The molecule has 0 radical (unpaired) electrons. The summed E-state index contributed by atoms with van der Waals surface area (Å²) in [5.41, 5.74) is 1.57. The van der Waals surface area contributed by atoms with Gasteiger partial charge in [-0.2, -0.15) is 0 Å². The molecule has 0 aliphatic carbocycles. The third-order valence-electron chi connectivity index (χ3n) is 7.77. The molecule has 5 atom stereocenters. The van der Waals surface area contributed by atoms with Crippen LogP contribution in [0.5, 0.6) is 0 Å². The molecule has 3 rings (SSSR count). The molecule has 2 N–H and O–H groups in total. The predicted molar refractivity (Wildman–Crippen MR) is 146 cm³/mol. The molecule has 0 saturated heterocycles. The molecule has 0 spiro atoms. The number of Topliss-reactive ketones (excluding diaryl/α,β-unsaturated/α-hetero) is 1. The van der Waals surface area contributed by atoms with Gasteiger partial charge in [0, 0.05) is 23.9 Å². The highest BCUT2D eigenvalue weighted by Gasteiger charge is 2.43. The van der Waals surface area contributed by atoms with E-state index in [2.05, 4.69) is 24.6 Å². The van der Waals surface area contributed by atoms with Crippen LogP contribution in [0.25, 0.3) is 10.9 Å². The fraction of sp³-hybridized carbons (Fsp3) is 0.516. The van der Waals surface area contributed by atoms with Gasteiger partial charge in [-0.15, -0.1) is 6.58 Å². The molecule has 200 valence electrons. The Hall–Kier alpha value is -2.83. The number of allylic oxidation sites excluding steroid dienone is 2. The van der Waals surface area contributed by atoms with E-state index < -0.39 is 35.6 Å². The third-order valence-corrected chi connectivity index (χ3v) is 7.77. The summed E-state index contributed by atoms with van der Waals surface area (Å²) < 4.78 is 5.90. The van der Waals surface area contributed by atoms with E-state index in [-0.39, 0.29) is 18.1 Å². The van der Waals surface area contributed by atoms with Crippen molar-refractivity contribution in [1.82, 2.24) is 4.98 Å². The number of esters is 1. The Morgan fingerprint density at radius 1 is 1.22 bits per heavy atom. The lowest BCUT2D eigenvalue weighted by molar-refractivity contribution is -0.156. The van der Waals surface area contributed by atoms with Crippen LogP contribution in [0.3, 0.4) is 0 Å². The Bertz CT molecular complexity index is 1140. The summed E-state index contributed by atoms with van der Waals surface area (Å²) in [6.45, 7) is 11.0. The molecule has 0 saturated carbocycles. The van der Waals surface area contributed by atoms with E-state index in [0.29, 0.717) is 12.8 Å². The number of fused-ring (bicyclic) bond motifs is 1. The summed E-state index contributed by atoms with van der Waals surface area (Å²) in [5.74, 6) is -1.64. The number of benzene rings is 1. The van der Waals surface area contributed by atoms with Gasteiger partial charge in [-0.1, -0.05) is 56.7 Å². The van der Waals surface area contributed by atoms with E-state index in [0.717, 1.165) is 35.7 Å². The van der Waals surface area contributed by atoms with Gasteiger partial charge in [0.1, 0.15) is 11.9 Å². The lowest BCUT2D eigenvalue weighted by Gasteiger charge is -2.35. The second kappa shape index (κ2) is 12.6. The molecular formula is C31H41NO5. The number of aliphatic hydroxyl groups is 2. The molecule has 37 heavy (non-hydrogen) atoms. The summed E-state index contributed by atoms with van der Waals surface area (Å²) in [4.78, 5) is 31.0. The van der Waals surface area contributed by atoms with E-state index in [1.54, 1.807) is 26.1 Å². The Kier molecular flexibility index (Phi) is 9.80. The fourth-order valence-electron chi connectivity index (χ4n) is 5.06. The average Bonchev–Trinajstić information content (AvgIpc) is 2.87. The number of ether oxygens (including phenoxy) is 1. The van der Waals surface area contributed by atoms with Gasteiger partial charge in [0.25, 0.3) is 0 Å². The summed E-state index contributed by atoms with van der Waals surface area (Å²) in [6.07, 6.45) is 5.76. The second-order valence-electron chi connectivity index (χ2n) is 11.0. The first kappa shape index (κ1) is 28.7. The largest absolute Gasteiger partial charge is 0.457 e. The number of ketones is 1. The van der Waals surface area contributed by atoms with Crippen LogP contribution < -0.4 is 0 Å². The van der Waals surface area contributed by atoms with Gasteiger partial charge in [-0.3, -0.25) is 14.6 Å². The fourth-order valence-corrected chi connectivity index (χ4v) is 5.06. The predicted octanol–water partition coefficient (Wildman–Crippen LogP) is 5.88. The van der Waals surface area contributed by atoms with Gasteiger partial charge in [-0.25, -0.2) is 0 Å². The highest BCUT2D eigenvalue weighted by molar-refractivity contribution is 5.88. The van der Waals surface area contributed by atoms with Gasteiger partial charge in [0.15, 0.2) is 0 Å². The number of carbonyl (C=O) groups excluding carboxylic acids is 2. The van der Waals surface area contributed by atoms with Crippen molar-refractivity contribution in [2.24, 2.45) is 17.3 Å². The number of carbonyl (C=O) groups is 2. The number of cyclic esters (lactones) is 1. The Morgan fingerprint density at radius 3 is 2.70 bits per heavy atom. The van der Waals surface area contributed by atoms with Crippen LogP contribution in [-0.2, 0) is 14.3 Å². The van der Waals surface area contributed by atoms with Gasteiger partial charge < -0.3 is 14.9 Å². The molecule has 0 bridgehead atoms. The van der Waals surface area contributed by atoms with E-state index in [1.807, 2.05) is 37.3 Å². The van der Waals surface area contributed by atoms with Gasteiger partial charge in [-0.05, 0) is 56.2 Å². The van der Waals surface area contributed by atoms with Crippen LogP contribution in [0, 0.1) is 17.3 Å². The van der Waals surface area contributed by atoms with E-state index >= 15 is 0 Å². The van der Waals surface area contributed by atoms with Crippen LogP contribution in [-0.4, -0.2) is 39.2 Å². The van der Waals surface area contributed by atoms with Gasteiger partial charge in [0.2, 0.25) is 0 Å². The first-order valence-electron chi connectivity index (χ1n) is 13.3. The van der Waals surface area contributed by atoms with Gasteiger partial charge in [0.05, 0.1) is 29.6 Å². The maximum absolute atomic E-state index is 13.5. The van der Waals surface area contributed by atoms with Crippen LogP contribution in [0.2, 0.25) is 0 Å². The average molecular weight is 508 g/mol. The van der Waals surface area contributed by atoms with Crippen LogP contribution in [0.15, 0.2) is 60.8 Å². The standard InChI is InChI=1S/C31H41NO5/c1-6-9-24-29(35)21(3)11-7-10-20(2)13-16-26(23-15-14-22-12-8-17-32-25(22)18-23)37-28(34)19-27(33)31(4,5)30(24)36/h6,8,12-15,17-18,21,24,26-27,29,33,35H,1,7,9-11,16,19H2,2-5H3/b20-13-/t21-,24+,26+,27-,29-/m0/s1. The van der Waals surface area contributed by atoms with E-state index in [9.17, 15) is 19.8 Å². The SMILES string of the molecule is C=CC[C@H]1C(=O)C(C)(C)[C@@H](O)CC(=O)O[C@@H](c2ccc3cccnc3c2)C/C=C(/C)CCC[C@H](C)[C@@H]1O. The zero-order valence-electron chi connectivity index (χ0n) is 22.5. The highest BCUT2D eigenvalue weighted by Crippen LogP contribution is 2.35. The monoisotopic (exact) mass is 507 g/mol. The molecule has 6 heteroatoms. The molecule has 0 unspecified atom stereocenters. The van der Waals surface area contributed by atoms with Crippen LogP contribution in [0.1, 0.15) is 77.9 Å². The highest BCUT2D eigenvalue weighted by atomic mass is 16.5. The zero-order chi connectivity index (χ0) is 27.2. The number of nitrogens with zero attached hydrogens (tertiary/aromatic N) is 1. The first-order valence-corrected chi connectivity index (χ1v) is 13.3. The number of hydrogen-bond acceptors (Lipinski definition) is 6. The number of rotatable bonds is 3. The molecule has 1 aliphatic heterocycles. The number of hydrogen-bond donors (Lipinski definition) is 2. The lowest BCUT2D eigenvalue weighted by Crippen LogP contribution is -2.46. The summed E-state index contributed by atoms with van der Waals surface area (Å²) in [6, 6.07) is 9.70. The van der Waals surface area contributed by atoms with Crippen molar-refractivity contribution < 1.29 is 24.5 Å². The second-order valence-corrected chi connectivity index (χ2v) is 11.0. The molecule has 1 aliphatic rings. The maximum Gasteiger partial charge on any atom is 0.309 e. The van der Waals surface area contributed by atoms with Crippen molar-refractivity contribution in [3.63, 3.8) is 0 Å². The molecule has 0 amide bonds. The molecule has 6 nitrogen and oxygen atoms in total. The molecule has 2 heterocycles. The summed E-state index contributed by atoms with van der Waals surface area (Å²) >= 11 is 0. The summed E-state index contributed by atoms with van der Waals surface area (Å²) in [7, 11) is 0. The van der Waals surface area contributed by atoms with E-state index in [4.69, 9.17) is 4.74 Å².